The number of hydrogen-bond acceptors (Lipinski definition) is 4. The van der Waals surface area contributed by atoms with Gasteiger partial charge in [-0.25, -0.2) is 0 Å². The Morgan fingerprint density at radius 3 is 2.38 bits per heavy atom. The van der Waals surface area contributed by atoms with Gasteiger partial charge < -0.3 is 21.3 Å². The van der Waals surface area contributed by atoms with Gasteiger partial charge in [0.05, 0.1) is 0 Å². The number of nitrogens with zero attached hydrogens (tertiary/aromatic N) is 2. The zero-order chi connectivity index (χ0) is 15.5. The number of hydrogen-bond donors (Lipinski definition) is 2. The van der Waals surface area contributed by atoms with Gasteiger partial charge in [-0.3, -0.25) is 0 Å². The van der Waals surface area contributed by atoms with Gasteiger partial charge in [0.15, 0.2) is 0 Å². The van der Waals surface area contributed by atoms with Gasteiger partial charge in [-0.2, -0.15) is 0 Å². The van der Waals surface area contributed by atoms with Crippen LogP contribution >= 0.6 is 0 Å². The van der Waals surface area contributed by atoms with Gasteiger partial charge in [-0.1, -0.05) is 6.92 Å². The quantitative estimate of drug-likeness (QED) is 0.834. The normalized spacial score (nSPS) is 19.3. The Kier molecular flexibility index (Phi) is 5.12. The molecule has 0 aromatic heterocycles. The van der Waals surface area contributed by atoms with Crippen molar-refractivity contribution in [2.45, 2.75) is 32.7 Å². The van der Waals surface area contributed by atoms with Crippen molar-refractivity contribution in [2.75, 3.05) is 43.4 Å². The summed E-state index contributed by atoms with van der Waals surface area (Å²) in [6, 6.07) is 8.21. The highest BCUT2D eigenvalue weighted by Crippen LogP contribution is 2.20. The summed E-state index contributed by atoms with van der Waals surface area (Å²) in [7, 11) is 0. The van der Waals surface area contributed by atoms with Crippen molar-refractivity contribution in [1.29, 1.82) is 0 Å². The second-order valence-corrected chi connectivity index (χ2v) is 6.96. The van der Waals surface area contributed by atoms with Crippen LogP contribution in [0.2, 0.25) is 0 Å². The molecule has 1 aromatic rings. The van der Waals surface area contributed by atoms with Gasteiger partial charge >= 0.3 is 0 Å². The predicted molar refractivity (Wildman–Crippen MR) is 91.6 cm³/mol. The number of nitrogen functional groups attached to an aromatic ring is 1. The van der Waals surface area contributed by atoms with Gasteiger partial charge in [-0.05, 0) is 57.0 Å². The molecule has 1 aliphatic heterocycles. The lowest BCUT2D eigenvalue weighted by Gasteiger charge is -2.32. The molecule has 0 spiro atoms. The Morgan fingerprint density at radius 2 is 1.76 bits per heavy atom. The second kappa shape index (κ2) is 6.67. The maximum atomic E-state index is 6.22. The second-order valence-electron chi connectivity index (χ2n) is 6.96. The fourth-order valence-electron chi connectivity index (χ4n) is 2.72. The van der Waals surface area contributed by atoms with Crippen LogP contribution in [0.1, 0.15) is 27.2 Å². The third kappa shape index (κ3) is 4.61. The average Bonchev–Trinajstić information content (AvgIpc) is 2.64. The summed E-state index contributed by atoms with van der Waals surface area (Å²) in [5.74, 6) is 0.501. The third-order valence-electron chi connectivity index (χ3n) is 4.65. The minimum absolute atomic E-state index is 0.108. The van der Waals surface area contributed by atoms with Crippen LogP contribution in [0.4, 0.5) is 11.4 Å². The maximum Gasteiger partial charge on any atom is 0.0368 e. The lowest BCUT2D eigenvalue weighted by Crippen LogP contribution is -2.46. The Labute approximate surface area is 129 Å². The van der Waals surface area contributed by atoms with Crippen LogP contribution in [0.3, 0.4) is 0 Å². The molecule has 1 aromatic carbocycles. The smallest absolute Gasteiger partial charge is 0.0368 e. The van der Waals surface area contributed by atoms with E-state index in [4.69, 9.17) is 11.5 Å². The minimum Gasteiger partial charge on any atom is -0.399 e. The van der Waals surface area contributed by atoms with E-state index in [1.807, 2.05) is 12.1 Å². The molecule has 0 aliphatic carbocycles. The molecule has 1 aliphatic rings. The highest BCUT2D eigenvalue weighted by atomic mass is 15.2. The molecule has 0 amide bonds. The molecule has 0 radical (unpaired) electrons. The number of rotatable bonds is 4. The molecule has 1 heterocycles. The maximum absolute atomic E-state index is 6.22. The van der Waals surface area contributed by atoms with E-state index in [0.29, 0.717) is 5.92 Å². The molecule has 4 N–H and O–H groups in total. The highest BCUT2D eigenvalue weighted by Gasteiger charge is 2.24. The van der Waals surface area contributed by atoms with Crippen LogP contribution in [0, 0.1) is 5.92 Å². The lowest BCUT2D eigenvalue weighted by atomic mass is 9.90. The Morgan fingerprint density at radius 1 is 1.10 bits per heavy atom. The summed E-state index contributed by atoms with van der Waals surface area (Å²) in [6.07, 6.45) is 1.20. The van der Waals surface area contributed by atoms with Crippen molar-refractivity contribution in [1.82, 2.24) is 4.90 Å². The standard InChI is InChI=1S/C17H30N4/c1-14(17(2,3)19)13-20-9-4-10-21(12-11-20)16-7-5-15(18)6-8-16/h5-8,14H,4,9-13,18-19H2,1-3H3. The van der Waals surface area contributed by atoms with E-state index in [2.05, 4.69) is 42.7 Å². The molecular weight excluding hydrogens is 260 g/mol. The number of nitrogens with two attached hydrogens (primary N) is 2. The van der Waals surface area contributed by atoms with Crippen LogP contribution < -0.4 is 16.4 Å². The van der Waals surface area contributed by atoms with Gasteiger partial charge in [0.1, 0.15) is 0 Å². The SMILES string of the molecule is CC(CN1CCCN(c2ccc(N)cc2)CC1)C(C)(C)N. The van der Waals surface area contributed by atoms with E-state index in [1.165, 1.54) is 12.1 Å². The Hall–Kier alpha value is -1.26. The molecule has 1 unspecified atom stereocenters. The van der Waals surface area contributed by atoms with Gasteiger partial charge in [0, 0.05) is 43.1 Å². The van der Waals surface area contributed by atoms with Crippen LogP contribution in [-0.4, -0.2) is 43.2 Å². The molecule has 0 bridgehead atoms. The van der Waals surface area contributed by atoms with Gasteiger partial charge in [-0.15, -0.1) is 0 Å². The van der Waals surface area contributed by atoms with Gasteiger partial charge in [0.2, 0.25) is 0 Å². The summed E-state index contributed by atoms with van der Waals surface area (Å²) in [5, 5.41) is 0. The van der Waals surface area contributed by atoms with E-state index in [0.717, 1.165) is 38.4 Å². The fraction of sp³-hybridized carbons (Fsp3) is 0.647. The summed E-state index contributed by atoms with van der Waals surface area (Å²) >= 11 is 0. The first kappa shape index (κ1) is 16.1. The molecule has 4 nitrogen and oxygen atoms in total. The lowest BCUT2D eigenvalue weighted by molar-refractivity contribution is 0.205. The number of benzene rings is 1. The Bertz CT molecular complexity index is 435. The monoisotopic (exact) mass is 290 g/mol. The zero-order valence-electron chi connectivity index (χ0n) is 13.7. The van der Waals surface area contributed by atoms with Crippen LogP contribution in [0.25, 0.3) is 0 Å². The van der Waals surface area contributed by atoms with Crippen LogP contribution in [-0.2, 0) is 0 Å². The fourth-order valence-corrected chi connectivity index (χ4v) is 2.72. The largest absolute Gasteiger partial charge is 0.399 e. The van der Waals surface area contributed by atoms with Gasteiger partial charge in [0.25, 0.3) is 0 Å². The molecule has 1 fully saturated rings. The third-order valence-corrected chi connectivity index (χ3v) is 4.65. The summed E-state index contributed by atoms with van der Waals surface area (Å²) in [6.45, 7) is 12.0. The molecule has 2 rings (SSSR count). The summed E-state index contributed by atoms with van der Waals surface area (Å²) < 4.78 is 0. The van der Waals surface area contributed by atoms with E-state index < -0.39 is 0 Å². The molecule has 4 heteroatoms. The predicted octanol–water partition coefficient (Wildman–Crippen LogP) is 2.15. The molecular formula is C17H30N4. The first-order valence-corrected chi connectivity index (χ1v) is 7.98. The van der Waals surface area contributed by atoms with Crippen molar-refractivity contribution < 1.29 is 0 Å². The van der Waals surface area contributed by atoms with Crippen molar-refractivity contribution >= 4 is 11.4 Å². The highest BCUT2D eigenvalue weighted by molar-refractivity contribution is 5.53. The van der Waals surface area contributed by atoms with Crippen molar-refractivity contribution in [3.63, 3.8) is 0 Å². The van der Waals surface area contributed by atoms with Crippen molar-refractivity contribution in [3.05, 3.63) is 24.3 Å². The molecule has 0 saturated carbocycles. The molecule has 1 atom stereocenters. The van der Waals surface area contributed by atoms with E-state index in [9.17, 15) is 0 Å². The first-order valence-electron chi connectivity index (χ1n) is 7.98. The van der Waals surface area contributed by atoms with Crippen molar-refractivity contribution in [3.8, 4) is 0 Å². The average molecular weight is 290 g/mol. The van der Waals surface area contributed by atoms with E-state index in [-0.39, 0.29) is 5.54 Å². The molecule has 21 heavy (non-hydrogen) atoms. The molecule has 118 valence electrons. The van der Waals surface area contributed by atoms with Crippen LogP contribution in [0.15, 0.2) is 24.3 Å². The Balaban J connectivity index is 1.91. The van der Waals surface area contributed by atoms with Crippen LogP contribution in [0.5, 0.6) is 0 Å². The topological polar surface area (TPSA) is 58.5 Å². The van der Waals surface area contributed by atoms with Crippen molar-refractivity contribution in [2.24, 2.45) is 11.7 Å². The van der Waals surface area contributed by atoms with E-state index in [1.54, 1.807) is 0 Å². The molecule has 1 saturated heterocycles. The summed E-state index contributed by atoms with van der Waals surface area (Å²) in [5.41, 5.74) is 14.0. The zero-order valence-corrected chi connectivity index (χ0v) is 13.7. The summed E-state index contributed by atoms with van der Waals surface area (Å²) in [4.78, 5) is 5.01. The minimum atomic E-state index is -0.108. The first-order chi connectivity index (χ1) is 9.86. The van der Waals surface area contributed by atoms with E-state index >= 15 is 0 Å². The number of anilines is 2.